The van der Waals surface area contributed by atoms with Gasteiger partial charge in [0.15, 0.2) is 12.3 Å². The molecule has 1 atom stereocenters. The second-order valence-electron chi connectivity index (χ2n) is 8.32. The molecule has 0 spiro atoms. The number of piperidine rings is 1. The number of rotatable bonds is 5. The van der Waals surface area contributed by atoms with Crippen LogP contribution in [-0.4, -0.2) is 56.9 Å². The van der Waals surface area contributed by atoms with Crippen LogP contribution in [0.2, 0.25) is 5.02 Å². The van der Waals surface area contributed by atoms with E-state index in [1.807, 2.05) is 11.0 Å². The first-order valence-electron chi connectivity index (χ1n) is 11.1. The molecular weight excluding hydrogens is 460 g/mol. The summed E-state index contributed by atoms with van der Waals surface area (Å²) in [5.74, 6) is -0.328. The lowest BCUT2D eigenvalue weighted by molar-refractivity contribution is -0.135. The summed E-state index contributed by atoms with van der Waals surface area (Å²) in [5, 5.41) is 4.79. The maximum absolute atomic E-state index is 13.4. The number of carbonyl (C=O) groups is 3. The summed E-state index contributed by atoms with van der Waals surface area (Å²) in [5.41, 5.74) is 7.39. The number of ether oxygens (including phenoxy) is 1. The fraction of sp³-hybridized carbons (Fsp3) is 0.348. The molecule has 0 radical (unpaired) electrons. The SMILES string of the molecule is NC(=O)c1cnn2c([C@H]3CCCCN3C(=O)CCN3C(=O)COc4ccc(Cl)cc43)ccnc12. The third-order valence-electron chi connectivity index (χ3n) is 6.27. The lowest BCUT2D eigenvalue weighted by atomic mass is 9.98. The van der Waals surface area contributed by atoms with Gasteiger partial charge in [-0.15, -0.1) is 0 Å². The van der Waals surface area contributed by atoms with E-state index in [0.717, 1.165) is 25.0 Å². The molecule has 2 aliphatic rings. The first kappa shape index (κ1) is 22.1. The Balaban J connectivity index is 1.38. The number of benzene rings is 1. The number of nitrogens with zero attached hydrogens (tertiary/aromatic N) is 5. The number of carbonyl (C=O) groups excluding carboxylic acids is 3. The van der Waals surface area contributed by atoms with E-state index < -0.39 is 5.91 Å². The molecule has 2 aromatic heterocycles. The largest absolute Gasteiger partial charge is 0.482 e. The molecule has 10 nitrogen and oxygen atoms in total. The number of amides is 3. The van der Waals surface area contributed by atoms with Crippen molar-refractivity contribution in [1.29, 1.82) is 0 Å². The molecule has 0 saturated carbocycles. The van der Waals surface area contributed by atoms with Gasteiger partial charge in [0.2, 0.25) is 5.91 Å². The molecule has 34 heavy (non-hydrogen) atoms. The summed E-state index contributed by atoms with van der Waals surface area (Å²) in [6.45, 7) is 0.735. The number of aromatic nitrogens is 3. The number of nitrogens with two attached hydrogens (primary N) is 1. The third-order valence-corrected chi connectivity index (χ3v) is 6.51. The summed E-state index contributed by atoms with van der Waals surface area (Å²) < 4.78 is 7.07. The van der Waals surface area contributed by atoms with E-state index in [-0.39, 0.29) is 43.0 Å². The first-order valence-corrected chi connectivity index (χ1v) is 11.5. The van der Waals surface area contributed by atoms with Gasteiger partial charge >= 0.3 is 0 Å². The molecule has 1 fully saturated rings. The standard InChI is InChI=1S/C23H23ClN6O4/c24-14-4-5-19-18(11-14)29(21(32)13-34-19)10-7-20(31)28-9-2-1-3-16(28)17-6-8-26-23-15(22(25)33)12-27-30(17)23/h4-6,8,11-12,16H,1-3,7,9-10,13H2,(H2,25,33)/t16-/m1/s1. The number of halogens is 1. The Hall–Kier alpha value is -3.66. The fourth-order valence-electron chi connectivity index (χ4n) is 4.65. The maximum atomic E-state index is 13.4. The van der Waals surface area contributed by atoms with Crippen molar-refractivity contribution >= 4 is 40.7 Å². The summed E-state index contributed by atoms with van der Waals surface area (Å²) in [6.07, 6.45) is 5.74. The van der Waals surface area contributed by atoms with Crippen molar-refractivity contribution in [3.05, 3.63) is 52.9 Å². The average Bonchev–Trinajstić information content (AvgIpc) is 3.28. The molecule has 3 aromatic rings. The number of primary amides is 1. The minimum atomic E-state index is -0.605. The van der Waals surface area contributed by atoms with Gasteiger partial charge in [0, 0.05) is 30.7 Å². The smallest absolute Gasteiger partial charge is 0.265 e. The molecule has 0 aliphatic carbocycles. The molecule has 2 aliphatic heterocycles. The van der Waals surface area contributed by atoms with E-state index in [0.29, 0.717) is 28.7 Å². The molecule has 3 amide bonds. The summed E-state index contributed by atoms with van der Waals surface area (Å²) in [6, 6.07) is 6.68. The molecule has 5 rings (SSSR count). The normalized spacial score (nSPS) is 18.0. The highest BCUT2D eigenvalue weighted by molar-refractivity contribution is 6.31. The van der Waals surface area contributed by atoms with Crippen LogP contribution in [0, 0.1) is 0 Å². The molecule has 4 heterocycles. The van der Waals surface area contributed by atoms with Gasteiger partial charge in [-0.2, -0.15) is 5.10 Å². The topological polar surface area (TPSA) is 123 Å². The predicted octanol–water partition coefficient (Wildman–Crippen LogP) is 2.35. The van der Waals surface area contributed by atoms with Gasteiger partial charge in [0.25, 0.3) is 11.8 Å². The van der Waals surface area contributed by atoms with Crippen LogP contribution in [0.3, 0.4) is 0 Å². The van der Waals surface area contributed by atoms with Crippen LogP contribution < -0.4 is 15.4 Å². The monoisotopic (exact) mass is 482 g/mol. The van der Waals surface area contributed by atoms with Crippen molar-refractivity contribution in [3.63, 3.8) is 0 Å². The number of likely N-dealkylation sites (tertiary alicyclic amines) is 1. The summed E-state index contributed by atoms with van der Waals surface area (Å²) in [4.78, 5) is 45.2. The first-order chi connectivity index (χ1) is 16.4. The van der Waals surface area contributed by atoms with Gasteiger partial charge in [-0.25, -0.2) is 9.50 Å². The van der Waals surface area contributed by atoms with Crippen LogP contribution in [0.5, 0.6) is 5.75 Å². The molecule has 2 N–H and O–H groups in total. The number of hydrogen-bond acceptors (Lipinski definition) is 6. The van der Waals surface area contributed by atoms with Gasteiger partial charge in [-0.3, -0.25) is 14.4 Å². The molecule has 176 valence electrons. The molecule has 0 bridgehead atoms. The number of hydrogen-bond donors (Lipinski definition) is 1. The lowest BCUT2D eigenvalue weighted by Gasteiger charge is -2.37. The molecular formula is C23H23ClN6O4. The highest BCUT2D eigenvalue weighted by Crippen LogP contribution is 2.35. The van der Waals surface area contributed by atoms with E-state index in [4.69, 9.17) is 22.1 Å². The van der Waals surface area contributed by atoms with Crippen LogP contribution >= 0.6 is 11.6 Å². The zero-order valence-electron chi connectivity index (χ0n) is 18.3. The van der Waals surface area contributed by atoms with Crippen molar-refractivity contribution in [3.8, 4) is 5.75 Å². The number of anilines is 1. The van der Waals surface area contributed by atoms with Gasteiger partial charge in [0.1, 0.15) is 11.3 Å². The Kier molecular flexibility index (Phi) is 5.82. The minimum Gasteiger partial charge on any atom is -0.482 e. The van der Waals surface area contributed by atoms with Gasteiger partial charge in [0.05, 0.1) is 23.6 Å². The van der Waals surface area contributed by atoms with E-state index in [1.54, 1.807) is 33.8 Å². The molecule has 1 saturated heterocycles. The Morgan fingerprint density at radius 1 is 1.24 bits per heavy atom. The molecule has 1 aromatic carbocycles. The average molecular weight is 483 g/mol. The summed E-state index contributed by atoms with van der Waals surface area (Å²) >= 11 is 6.12. The van der Waals surface area contributed by atoms with Crippen LogP contribution in [0.25, 0.3) is 5.65 Å². The lowest BCUT2D eigenvalue weighted by Crippen LogP contribution is -2.43. The molecule has 11 heteroatoms. The van der Waals surface area contributed by atoms with Crippen LogP contribution in [-0.2, 0) is 9.59 Å². The van der Waals surface area contributed by atoms with Crippen molar-refractivity contribution in [1.82, 2.24) is 19.5 Å². The minimum absolute atomic E-state index is 0.0696. The van der Waals surface area contributed by atoms with Crippen molar-refractivity contribution < 1.29 is 19.1 Å². The van der Waals surface area contributed by atoms with Crippen LogP contribution in [0.15, 0.2) is 36.7 Å². The zero-order valence-corrected chi connectivity index (χ0v) is 19.1. The van der Waals surface area contributed by atoms with Gasteiger partial charge in [-0.1, -0.05) is 11.6 Å². The van der Waals surface area contributed by atoms with E-state index in [2.05, 4.69) is 10.1 Å². The maximum Gasteiger partial charge on any atom is 0.265 e. The second kappa shape index (κ2) is 8.94. The van der Waals surface area contributed by atoms with Crippen LogP contribution in [0.1, 0.15) is 47.8 Å². The van der Waals surface area contributed by atoms with Crippen LogP contribution in [0.4, 0.5) is 5.69 Å². The highest BCUT2D eigenvalue weighted by atomic mass is 35.5. The van der Waals surface area contributed by atoms with E-state index in [1.165, 1.54) is 6.20 Å². The van der Waals surface area contributed by atoms with Gasteiger partial charge in [-0.05, 0) is 43.5 Å². The van der Waals surface area contributed by atoms with E-state index in [9.17, 15) is 14.4 Å². The molecule has 0 unspecified atom stereocenters. The Bertz CT molecular complexity index is 1290. The second-order valence-corrected chi connectivity index (χ2v) is 8.76. The van der Waals surface area contributed by atoms with E-state index >= 15 is 0 Å². The third kappa shape index (κ3) is 3.94. The number of fused-ring (bicyclic) bond motifs is 2. The van der Waals surface area contributed by atoms with Crippen molar-refractivity contribution in [2.75, 3.05) is 24.6 Å². The van der Waals surface area contributed by atoms with Crippen molar-refractivity contribution in [2.45, 2.75) is 31.7 Å². The Labute approximate surface area is 200 Å². The highest BCUT2D eigenvalue weighted by Gasteiger charge is 2.32. The van der Waals surface area contributed by atoms with Crippen molar-refractivity contribution in [2.24, 2.45) is 5.73 Å². The quantitative estimate of drug-likeness (QED) is 0.595. The van der Waals surface area contributed by atoms with Gasteiger partial charge < -0.3 is 20.3 Å². The summed E-state index contributed by atoms with van der Waals surface area (Å²) in [7, 11) is 0. The Morgan fingerprint density at radius 3 is 2.91 bits per heavy atom. The Morgan fingerprint density at radius 2 is 2.09 bits per heavy atom. The zero-order chi connectivity index (χ0) is 23.8. The fourth-order valence-corrected chi connectivity index (χ4v) is 4.81. The predicted molar refractivity (Wildman–Crippen MR) is 124 cm³/mol.